The van der Waals surface area contributed by atoms with Crippen molar-refractivity contribution in [2.75, 3.05) is 11.5 Å². The van der Waals surface area contributed by atoms with Gasteiger partial charge in [-0.05, 0) is 53.8 Å². The Morgan fingerprint density at radius 1 is 0.788 bits per heavy atom. The smallest absolute Gasteiger partial charge is 0.0937 e. The molecule has 158 valence electrons. The van der Waals surface area contributed by atoms with Crippen molar-refractivity contribution in [3.05, 3.63) is 106 Å². The van der Waals surface area contributed by atoms with Gasteiger partial charge in [0.05, 0.1) is 28.2 Å². The molecule has 33 heavy (non-hydrogen) atoms. The van der Waals surface area contributed by atoms with Crippen LogP contribution in [0.4, 0.5) is 11.4 Å². The number of aryl methyl sites for hydroxylation is 2. The molecular weight excluding hydrogens is 404 g/mol. The molecule has 5 rings (SSSR count). The van der Waals surface area contributed by atoms with Gasteiger partial charge in [0.25, 0.3) is 0 Å². The van der Waals surface area contributed by atoms with E-state index in [1.165, 1.54) is 0 Å². The lowest BCUT2D eigenvalue weighted by Gasteiger charge is -2.33. The van der Waals surface area contributed by atoms with Crippen LogP contribution in [0.2, 0.25) is 0 Å². The second-order valence-electron chi connectivity index (χ2n) is 8.35. The first kappa shape index (κ1) is 20.4. The molecule has 1 heterocycles. The molecule has 0 fully saturated rings. The van der Waals surface area contributed by atoms with Crippen LogP contribution in [-0.2, 0) is 5.41 Å². The minimum atomic E-state index is -0.783. The molecule has 0 atom stereocenters. The highest BCUT2D eigenvalue weighted by Crippen LogP contribution is 2.55. The van der Waals surface area contributed by atoms with E-state index in [4.69, 9.17) is 34.3 Å². The van der Waals surface area contributed by atoms with Crippen LogP contribution in [0, 0.1) is 38.5 Å². The SMILES string of the molecule is C#Cc1cc(C2(c3cc(C)c(N)c(C#C)c3)c3ccccc3-c3nccnc32)cc(C)c1N. The summed E-state index contributed by atoms with van der Waals surface area (Å²) >= 11 is 0. The fraction of sp³-hybridized carbons (Fsp3) is 0.103. The minimum absolute atomic E-state index is 0.597. The highest BCUT2D eigenvalue weighted by atomic mass is 14.8. The molecule has 0 saturated heterocycles. The largest absolute Gasteiger partial charge is 0.398 e. The first-order chi connectivity index (χ1) is 15.9. The van der Waals surface area contributed by atoms with Gasteiger partial charge in [-0.15, -0.1) is 12.8 Å². The van der Waals surface area contributed by atoms with Gasteiger partial charge in [-0.2, -0.15) is 0 Å². The van der Waals surface area contributed by atoms with Gasteiger partial charge in [0.1, 0.15) is 0 Å². The van der Waals surface area contributed by atoms with E-state index in [-0.39, 0.29) is 0 Å². The highest BCUT2D eigenvalue weighted by Gasteiger charge is 2.48. The van der Waals surface area contributed by atoms with Gasteiger partial charge < -0.3 is 11.5 Å². The zero-order chi connectivity index (χ0) is 23.3. The molecule has 0 amide bonds. The van der Waals surface area contributed by atoms with E-state index in [0.717, 1.165) is 44.8 Å². The predicted octanol–water partition coefficient (Wildman–Crippen LogP) is 4.58. The maximum absolute atomic E-state index is 6.31. The van der Waals surface area contributed by atoms with Crippen molar-refractivity contribution in [1.82, 2.24) is 9.97 Å². The molecule has 0 unspecified atom stereocenters. The van der Waals surface area contributed by atoms with Gasteiger partial charge in [-0.3, -0.25) is 9.97 Å². The third kappa shape index (κ3) is 2.68. The number of hydrogen-bond donors (Lipinski definition) is 2. The molecule has 4 nitrogen and oxygen atoms in total. The predicted molar refractivity (Wildman–Crippen MR) is 134 cm³/mol. The third-order valence-electron chi connectivity index (χ3n) is 6.59. The molecule has 3 aromatic carbocycles. The molecule has 0 spiro atoms. The average molecular weight is 427 g/mol. The summed E-state index contributed by atoms with van der Waals surface area (Å²) in [6, 6.07) is 16.3. The first-order valence-electron chi connectivity index (χ1n) is 10.6. The number of aromatic nitrogens is 2. The summed E-state index contributed by atoms with van der Waals surface area (Å²) < 4.78 is 0. The number of nitrogens with two attached hydrogens (primary N) is 2. The molecular formula is C29H22N4. The van der Waals surface area contributed by atoms with Crippen LogP contribution < -0.4 is 11.5 Å². The van der Waals surface area contributed by atoms with Crippen LogP contribution in [0.5, 0.6) is 0 Å². The van der Waals surface area contributed by atoms with E-state index in [1.54, 1.807) is 12.4 Å². The van der Waals surface area contributed by atoms with E-state index in [1.807, 2.05) is 38.1 Å². The van der Waals surface area contributed by atoms with Gasteiger partial charge in [0, 0.05) is 29.1 Å². The van der Waals surface area contributed by atoms with Gasteiger partial charge in [-0.1, -0.05) is 48.2 Å². The van der Waals surface area contributed by atoms with Gasteiger partial charge in [0.2, 0.25) is 0 Å². The van der Waals surface area contributed by atoms with Crippen molar-refractivity contribution in [3.63, 3.8) is 0 Å². The average Bonchev–Trinajstić information content (AvgIpc) is 3.14. The lowest BCUT2D eigenvalue weighted by molar-refractivity contribution is 0.732. The molecule has 1 aliphatic carbocycles. The van der Waals surface area contributed by atoms with Crippen LogP contribution in [0.25, 0.3) is 11.3 Å². The molecule has 0 saturated carbocycles. The first-order valence-corrected chi connectivity index (χ1v) is 10.6. The van der Waals surface area contributed by atoms with E-state index in [2.05, 4.69) is 36.1 Å². The maximum Gasteiger partial charge on any atom is 0.0937 e. The number of nitrogen functional groups attached to an aromatic ring is 2. The Morgan fingerprint density at radius 2 is 1.33 bits per heavy atom. The number of anilines is 2. The molecule has 1 aliphatic rings. The molecule has 0 bridgehead atoms. The Labute approximate surface area is 193 Å². The molecule has 1 aromatic heterocycles. The van der Waals surface area contributed by atoms with Crippen LogP contribution in [0.3, 0.4) is 0 Å². The second-order valence-corrected chi connectivity index (χ2v) is 8.35. The van der Waals surface area contributed by atoms with Gasteiger partial charge >= 0.3 is 0 Å². The summed E-state index contributed by atoms with van der Waals surface area (Å²) in [4.78, 5) is 9.59. The Hall–Kier alpha value is -4.54. The fourth-order valence-corrected chi connectivity index (χ4v) is 4.97. The number of nitrogens with zero attached hydrogens (tertiary/aromatic N) is 2. The third-order valence-corrected chi connectivity index (χ3v) is 6.59. The molecule has 4 aromatic rings. The minimum Gasteiger partial charge on any atom is -0.398 e. The molecule has 0 aliphatic heterocycles. The summed E-state index contributed by atoms with van der Waals surface area (Å²) in [5.41, 5.74) is 21.8. The zero-order valence-corrected chi connectivity index (χ0v) is 18.5. The summed E-state index contributed by atoms with van der Waals surface area (Å²) in [7, 11) is 0. The topological polar surface area (TPSA) is 77.8 Å². The van der Waals surface area contributed by atoms with Crippen LogP contribution in [-0.4, -0.2) is 9.97 Å². The van der Waals surface area contributed by atoms with E-state index in [9.17, 15) is 0 Å². The number of hydrogen-bond acceptors (Lipinski definition) is 4. The van der Waals surface area contributed by atoms with Crippen LogP contribution in [0.15, 0.2) is 60.9 Å². The second kappa shape index (κ2) is 7.26. The Bertz CT molecular complexity index is 1420. The number of fused-ring (bicyclic) bond motifs is 3. The van der Waals surface area contributed by atoms with E-state index >= 15 is 0 Å². The van der Waals surface area contributed by atoms with Gasteiger partial charge in [0.15, 0.2) is 0 Å². The Morgan fingerprint density at radius 3 is 1.91 bits per heavy atom. The zero-order valence-electron chi connectivity index (χ0n) is 18.5. The summed E-state index contributed by atoms with van der Waals surface area (Å²) in [6.45, 7) is 3.93. The lowest BCUT2D eigenvalue weighted by atomic mass is 9.68. The van der Waals surface area contributed by atoms with E-state index in [0.29, 0.717) is 22.5 Å². The van der Waals surface area contributed by atoms with Crippen molar-refractivity contribution < 1.29 is 0 Å². The molecule has 0 radical (unpaired) electrons. The highest BCUT2D eigenvalue weighted by molar-refractivity contribution is 5.84. The normalized spacial score (nSPS) is 13.0. The van der Waals surface area contributed by atoms with Gasteiger partial charge in [-0.25, -0.2) is 0 Å². The van der Waals surface area contributed by atoms with E-state index < -0.39 is 5.41 Å². The fourth-order valence-electron chi connectivity index (χ4n) is 4.97. The van der Waals surface area contributed by atoms with Crippen LogP contribution in [0.1, 0.15) is 44.6 Å². The van der Waals surface area contributed by atoms with Crippen LogP contribution >= 0.6 is 0 Å². The number of terminal acetylenes is 2. The monoisotopic (exact) mass is 426 g/mol. The van der Waals surface area contributed by atoms with Crippen molar-refractivity contribution in [3.8, 4) is 35.9 Å². The summed E-state index contributed by atoms with van der Waals surface area (Å²) in [6.07, 6.45) is 15.1. The van der Waals surface area contributed by atoms with Crippen molar-refractivity contribution in [2.24, 2.45) is 0 Å². The number of benzene rings is 3. The van der Waals surface area contributed by atoms with Crippen molar-refractivity contribution in [1.29, 1.82) is 0 Å². The van der Waals surface area contributed by atoms with Crippen molar-refractivity contribution in [2.45, 2.75) is 19.3 Å². The Balaban J connectivity index is 2.02. The maximum atomic E-state index is 6.31. The standard InChI is InChI=1S/C29H22N4/c1-5-19-15-21(13-17(3)25(19)30)29(22-14-18(4)26(31)20(6-2)16-22)24-10-8-7-9-23(24)27-28(29)33-12-11-32-27/h1-2,7-16H,30-31H2,3-4H3. The number of rotatable bonds is 2. The quantitative estimate of drug-likeness (QED) is 0.320. The Kier molecular flexibility index (Phi) is 4.48. The lowest BCUT2D eigenvalue weighted by Crippen LogP contribution is -2.30. The summed E-state index contributed by atoms with van der Waals surface area (Å²) in [5, 5.41) is 0. The molecule has 4 N–H and O–H groups in total. The summed E-state index contributed by atoms with van der Waals surface area (Å²) in [5.74, 6) is 5.49. The molecule has 4 heteroatoms. The van der Waals surface area contributed by atoms with Crippen molar-refractivity contribution >= 4 is 11.4 Å².